The number of carbonyl (C=O) groups is 2. The van der Waals surface area contributed by atoms with E-state index in [0.717, 1.165) is 4.90 Å². The average Bonchev–Trinajstić information content (AvgIpc) is 2.79. The van der Waals surface area contributed by atoms with E-state index >= 15 is 0 Å². The first-order valence-electron chi connectivity index (χ1n) is 6.58. The predicted molar refractivity (Wildman–Crippen MR) is 81.9 cm³/mol. The largest absolute Gasteiger partial charge is 0.379 e. The van der Waals surface area contributed by atoms with Crippen molar-refractivity contribution in [2.24, 2.45) is 16.9 Å². The van der Waals surface area contributed by atoms with Crippen LogP contribution in [0, 0.1) is 5.41 Å². The Bertz CT molecular complexity index is 552. The van der Waals surface area contributed by atoms with E-state index in [9.17, 15) is 9.59 Å². The topological polar surface area (TPSA) is 107 Å². The van der Waals surface area contributed by atoms with Crippen LogP contribution in [-0.4, -0.2) is 36.8 Å². The Balaban J connectivity index is 2.12. The van der Waals surface area contributed by atoms with Crippen molar-refractivity contribution in [1.82, 2.24) is 0 Å². The zero-order valence-electron chi connectivity index (χ0n) is 11.8. The second-order valence-electron chi connectivity index (χ2n) is 5.24. The Hall–Kier alpha value is -1.57. The van der Waals surface area contributed by atoms with Gasteiger partial charge in [0.1, 0.15) is 0 Å². The van der Waals surface area contributed by atoms with Gasteiger partial charge in [0.15, 0.2) is 0 Å². The van der Waals surface area contributed by atoms with Crippen molar-refractivity contribution < 1.29 is 14.3 Å². The first kappa shape index (κ1) is 15.8. The summed E-state index contributed by atoms with van der Waals surface area (Å²) in [6.07, 6.45) is 0. The number of thioether (sulfide) groups is 1. The molecule has 2 unspecified atom stereocenters. The van der Waals surface area contributed by atoms with E-state index in [0.29, 0.717) is 18.9 Å². The molecule has 0 radical (unpaired) electrons. The summed E-state index contributed by atoms with van der Waals surface area (Å²) in [4.78, 5) is 24.1. The molecule has 1 aliphatic rings. The summed E-state index contributed by atoms with van der Waals surface area (Å²) >= 11 is 1.29. The molecule has 114 valence electrons. The lowest BCUT2D eigenvalue weighted by Gasteiger charge is -2.25. The SMILES string of the molecule is CC1(C(=O)Nc2ccccc2SCC(N)=O)COCC1N. The fraction of sp³-hybridized carbons (Fsp3) is 0.429. The summed E-state index contributed by atoms with van der Waals surface area (Å²) in [5.74, 6) is -0.425. The van der Waals surface area contributed by atoms with Gasteiger partial charge < -0.3 is 21.5 Å². The minimum atomic E-state index is -0.749. The van der Waals surface area contributed by atoms with E-state index < -0.39 is 11.3 Å². The van der Waals surface area contributed by atoms with Crippen molar-refractivity contribution in [1.29, 1.82) is 0 Å². The minimum Gasteiger partial charge on any atom is -0.379 e. The van der Waals surface area contributed by atoms with Gasteiger partial charge in [0.05, 0.1) is 30.1 Å². The van der Waals surface area contributed by atoms with Gasteiger partial charge in [-0.25, -0.2) is 0 Å². The molecule has 0 spiro atoms. The number of benzene rings is 1. The number of ether oxygens (including phenoxy) is 1. The average molecular weight is 309 g/mol. The van der Waals surface area contributed by atoms with E-state index in [4.69, 9.17) is 16.2 Å². The maximum Gasteiger partial charge on any atom is 0.234 e. The van der Waals surface area contributed by atoms with Crippen LogP contribution in [0.25, 0.3) is 0 Å². The van der Waals surface area contributed by atoms with E-state index in [1.165, 1.54) is 11.8 Å². The Morgan fingerprint density at radius 2 is 2.19 bits per heavy atom. The third-order valence-corrected chi connectivity index (χ3v) is 4.64. The highest BCUT2D eigenvalue weighted by atomic mass is 32.2. The second-order valence-corrected chi connectivity index (χ2v) is 6.26. The zero-order chi connectivity index (χ0) is 15.5. The van der Waals surface area contributed by atoms with Gasteiger partial charge in [-0.1, -0.05) is 12.1 Å². The van der Waals surface area contributed by atoms with E-state index in [1.54, 1.807) is 13.0 Å². The molecule has 1 aromatic rings. The third-order valence-electron chi connectivity index (χ3n) is 3.54. The molecule has 7 heteroatoms. The van der Waals surface area contributed by atoms with Gasteiger partial charge in [-0.15, -0.1) is 11.8 Å². The van der Waals surface area contributed by atoms with E-state index in [2.05, 4.69) is 5.32 Å². The first-order chi connectivity index (χ1) is 9.93. The smallest absolute Gasteiger partial charge is 0.234 e. The molecule has 2 rings (SSSR count). The monoisotopic (exact) mass is 309 g/mol. The molecule has 0 aliphatic carbocycles. The quantitative estimate of drug-likeness (QED) is 0.689. The van der Waals surface area contributed by atoms with Crippen LogP contribution < -0.4 is 16.8 Å². The van der Waals surface area contributed by atoms with Crippen LogP contribution >= 0.6 is 11.8 Å². The lowest BCUT2D eigenvalue weighted by Crippen LogP contribution is -2.47. The molecule has 1 aliphatic heterocycles. The van der Waals surface area contributed by atoms with Crippen molar-refractivity contribution >= 4 is 29.3 Å². The Morgan fingerprint density at radius 1 is 1.48 bits per heavy atom. The highest BCUT2D eigenvalue weighted by Gasteiger charge is 2.44. The Labute approximate surface area is 127 Å². The van der Waals surface area contributed by atoms with Crippen LogP contribution in [0.3, 0.4) is 0 Å². The molecular weight excluding hydrogens is 290 g/mol. The molecule has 1 heterocycles. The number of rotatable bonds is 5. The number of carbonyl (C=O) groups excluding carboxylic acids is 2. The standard InChI is InChI=1S/C14H19N3O3S/c1-14(8-20-6-11(14)15)13(19)17-9-4-2-3-5-10(9)21-7-12(16)18/h2-5,11H,6-8,15H2,1H3,(H2,16,18)(H,17,19). The predicted octanol–water partition coefficient (Wildman–Crippen LogP) is 0.566. The van der Waals surface area contributed by atoms with Crippen LogP contribution in [0.1, 0.15) is 6.92 Å². The van der Waals surface area contributed by atoms with Crippen molar-refractivity contribution in [3.63, 3.8) is 0 Å². The Kier molecular flexibility index (Phi) is 4.87. The number of nitrogens with one attached hydrogen (secondary N) is 1. The highest BCUT2D eigenvalue weighted by Crippen LogP contribution is 2.31. The molecule has 5 N–H and O–H groups in total. The lowest BCUT2D eigenvalue weighted by atomic mass is 9.85. The summed E-state index contributed by atoms with van der Waals surface area (Å²) in [6.45, 7) is 2.47. The molecule has 1 saturated heterocycles. The summed E-state index contributed by atoms with van der Waals surface area (Å²) in [6, 6.07) is 6.94. The van der Waals surface area contributed by atoms with E-state index in [1.807, 2.05) is 18.2 Å². The number of hydrogen-bond acceptors (Lipinski definition) is 5. The maximum absolute atomic E-state index is 12.5. The summed E-state index contributed by atoms with van der Waals surface area (Å²) < 4.78 is 5.29. The number of anilines is 1. The fourth-order valence-corrected chi connectivity index (χ4v) is 2.78. The van der Waals surface area contributed by atoms with E-state index in [-0.39, 0.29) is 17.7 Å². The van der Waals surface area contributed by atoms with Crippen LogP contribution in [0.15, 0.2) is 29.2 Å². The molecular formula is C14H19N3O3S. The van der Waals surface area contributed by atoms with Gasteiger partial charge >= 0.3 is 0 Å². The van der Waals surface area contributed by atoms with Crippen LogP contribution in [0.5, 0.6) is 0 Å². The fourth-order valence-electron chi connectivity index (χ4n) is 2.03. The number of amides is 2. The first-order valence-corrected chi connectivity index (χ1v) is 7.57. The van der Waals surface area contributed by atoms with Crippen LogP contribution in [0.4, 0.5) is 5.69 Å². The summed E-state index contributed by atoms with van der Waals surface area (Å²) in [5.41, 5.74) is 11.0. The second kappa shape index (κ2) is 6.46. The minimum absolute atomic E-state index is 0.160. The number of primary amides is 1. The molecule has 1 fully saturated rings. The van der Waals surface area contributed by atoms with Crippen molar-refractivity contribution in [2.45, 2.75) is 17.9 Å². The molecule has 2 atom stereocenters. The van der Waals surface area contributed by atoms with Gasteiger partial charge in [0, 0.05) is 10.9 Å². The molecule has 21 heavy (non-hydrogen) atoms. The van der Waals surface area contributed by atoms with Crippen molar-refractivity contribution in [2.75, 3.05) is 24.3 Å². The highest BCUT2D eigenvalue weighted by molar-refractivity contribution is 8.00. The summed E-state index contributed by atoms with van der Waals surface area (Å²) in [5, 5.41) is 2.88. The molecule has 6 nitrogen and oxygen atoms in total. The van der Waals surface area contributed by atoms with Gasteiger partial charge in [-0.2, -0.15) is 0 Å². The van der Waals surface area contributed by atoms with Gasteiger partial charge in [-0.3, -0.25) is 9.59 Å². The maximum atomic E-state index is 12.5. The Morgan fingerprint density at radius 3 is 2.81 bits per heavy atom. The molecule has 0 bridgehead atoms. The van der Waals surface area contributed by atoms with Gasteiger partial charge in [0.25, 0.3) is 0 Å². The van der Waals surface area contributed by atoms with Crippen LogP contribution in [-0.2, 0) is 14.3 Å². The number of hydrogen-bond donors (Lipinski definition) is 3. The molecule has 2 amide bonds. The normalized spacial score (nSPS) is 24.8. The molecule has 0 saturated carbocycles. The third kappa shape index (κ3) is 3.55. The van der Waals surface area contributed by atoms with Crippen molar-refractivity contribution in [3.05, 3.63) is 24.3 Å². The van der Waals surface area contributed by atoms with Crippen molar-refractivity contribution in [3.8, 4) is 0 Å². The molecule has 0 aromatic heterocycles. The van der Waals surface area contributed by atoms with Gasteiger partial charge in [0.2, 0.25) is 11.8 Å². The lowest BCUT2D eigenvalue weighted by molar-refractivity contribution is -0.125. The number of nitrogens with two attached hydrogens (primary N) is 2. The van der Waals surface area contributed by atoms with Gasteiger partial charge in [-0.05, 0) is 19.1 Å². The summed E-state index contributed by atoms with van der Waals surface area (Å²) in [7, 11) is 0. The number of para-hydroxylation sites is 1. The van der Waals surface area contributed by atoms with Crippen LogP contribution in [0.2, 0.25) is 0 Å². The molecule has 1 aromatic carbocycles. The zero-order valence-corrected chi connectivity index (χ0v) is 12.6.